The minimum Gasteiger partial charge on any atom is -0.373 e. The van der Waals surface area contributed by atoms with Crippen molar-refractivity contribution in [3.63, 3.8) is 0 Å². The molecule has 0 bridgehead atoms. The van der Waals surface area contributed by atoms with Gasteiger partial charge in [-0.15, -0.1) is 0 Å². The van der Waals surface area contributed by atoms with Gasteiger partial charge in [0.2, 0.25) is 0 Å². The molecule has 0 amide bonds. The molecule has 2 aromatic rings. The van der Waals surface area contributed by atoms with Crippen LogP contribution in [0, 0.1) is 6.92 Å². The second-order valence-corrected chi connectivity index (χ2v) is 4.52. The van der Waals surface area contributed by atoms with E-state index in [1.807, 2.05) is 20.0 Å². The highest BCUT2D eigenvalue weighted by Gasteiger charge is 2.09. The van der Waals surface area contributed by atoms with Gasteiger partial charge >= 0.3 is 0 Å². The fourth-order valence-electron chi connectivity index (χ4n) is 1.91. The van der Waals surface area contributed by atoms with Crippen LogP contribution in [-0.2, 0) is 13.0 Å². The average molecular weight is 272 g/mol. The fourth-order valence-corrected chi connectivity index (χ4v) is 1.91. The number of aromatic nitrogens is 4. The largest absolute Gasteiger partial charge is 0.373 e. The van der Waals surface area contributed by atoms with E-state index in [4.69, 9.17) is 0 Å². The summed E-state index contributed by atoms with van der Waals surface area (Å²) in [6.07, 6.45) is 5.18. The Morgan fingerprint density at radius 2 is 2.00 bits per heavy atom. The third-order valence-electron chi connectivity index (χ3n) is 2.98. The van der Waals surface area contributed by atoms with E-state index in [2.05, 4.69) is 37.5 Å². The lowest BCUT2D eigenvalue weighted by Crippen LogP contribution is -2.10. The SMILES string of the molecule is CCCc1nc(NC)c(C)c(NCc2ccncn2)n1. The van der Waals surface area contributed by atoms with Crippen molar-refractivity contribution in [1.29, 1.82) is 0 Å². The summed E-state index contributed by atoms with van der Waals surface area (Å²) in [5, 5.41) is 6.44. The molecule has 0 aliphatic rings. The van der Waals surface area contributed by atoms with Gasteiger partial charge in [-0.05, 0) is 19.4 Å². The second-order valence-electron chi connectivity index (χ2n) is 4.52. The van der Waals surface area contributed by atoms with E-state index < -0.39 is 0 Å². The molecule has 0 atom stereocenters. The fraction of sp³-hybridized carbons (Fsp3) is 0.429. The van der Waals surface area contributed by atoms with Crippen molar-refractivity contribution in [2.24, 2.45) is 0 Å². The highest BCUT2D eigenvalue weighted by molar-refractivity contribution is 5.57. The number of anilines is 2. The highest BCUT2D eigenvalue weighted by atomic mass is 15.1. The van der Waals surface area contributed by atoms with Crippen LogP contribution < -0.4 is 10.6 Å². The highest BCUT2D eigenvalue weighted by Crippen LogP contribution is 2.20. The van der Waals surface area contributed by atoms with Crippen molar-refractivity contribution in [3.05, 3.63) is 35.7 Å². The van der Waals surface area contributed by atoms with Crippen LogP contribution in [0.15, 0.2) is 18.6 Å². The van der Waals surface area contributed by atoms with Gasteiger partial charge in [0, 0.05) is 25.2 Å². The van der Waals surface area contributed by atoms with Gasteiger partial charge in [0.25, 0.3) is 0 Å². The molecule has 2 N–H and O–H groups in total. The lowest BCUT2D eigenvalue weighted by Gasteiger charge is -2.13. The van der Waals surface area contributed by atoms with E-state index in [0.29, 0.717) is 6.54 Å². The van der Waals surface area contributed by atoms with Crippen LogP contribution in [0.5, 0.6) is 0 Å². The first-order valence-electron chi connectivity index (χ1n) is 6.78. The molecule has 0 aliphatic carbocycles. The normalized spacial score (nSPS) is 10.3. The number of aryl methyl sites for hydroxylation is 1. The first-order valence-corrected chi connectivity index (χ1v) is 6.78. The van der Waals surface area contributed by atoms with Gasteiger partial charge in [-0.3, -0.25) is 0 Å². The Balaban J connectivity index is 2.19. The summed E-state index contributed by atoms with van der Waals surface area (Å²) in [6, 6.07) is 1.88. The second kappa shape index (κ2) is 6.79. The van der Waals surface area contributed by atoms with Gasteiger partial charge in [-0.25, -0.2) is 19.9 Å². The molecule has 6 heteroatoms. The molecule has 0 fully saturated rings. The van der Waals surface area contributed by atoms with Gasteiger partial charge in [-0.1, -0.05) is 6.92 Å². The standard InChI is InChI=1S/C14H20N6/c1-4-5-12-19-13(15-3)10(2)14(20-12)17-8-11-6-7-16-9-18-11/h6-7,9H,4-5,8H2,1-3H3,(H2,15,17,19,20). The Hall–Kier alpha value is -2.24. The van der Waals surface area contributed by atoms with Crippen molar-refractivity contribution in [3.8, 4) is 0 Å². The summed E-state index contributed by atoms with van der Waals surface area (Å²) < 4.78 is 0. The maximum Gasteiger partial charge on any atom is 0.135 e. The molecule has 0 unspecified atom stereocenters. The van der Waals surface area contributed by atoms with Crippen LogP contribution in [-0.4, -0.2) is 27.0 Å². The summed E-state index contributed by atoms with van der Waals surface area (Å²) in [5.74, 6) is 2.58. The minimum absolute atomic E-state index is 0.620. The Morgan fingerprint density at radius 3 is 2.65 bits per heavy atom. The van der Waals surface area contributed by atoms with Crippen LogP contribution in [0.3, 0.4) is 0 Å². The van der Waals surface area contributed by atoms with Crippen LogP contribution in [0.25, 0.3) is 0 Å². The zero-order chi connectivity index (χ0) is 14.4. The first-order chi connectivity index (χ1) is 9.74. The Labute approximate surface area is 119 Å². The van der Waals surface area contributed by atoms with Crippen LogP contribution in [0.2, 0.25) is 0 Å². The summed E-state index contributed by atoms with van der Waals surface area (Å²) in [5.41, 5.74) is 1.95. The molecule has 0 aliphatic heterocycles. The van der Waals surface area contributed by atoms with E-state index in [-0.39, 0.29) is 0 Å². The molecule has 2 heterocycles. The van der Waals surface area contributed by atoms with E-state index in [9.17, 15) is 0 Å². The van der Waals surface area contributed by atoms with E-state index in [0.717, 1.165) is 41.6 Å². The molecule has 0 saturated carbocycles. The Kier molecular flexibility index (Phi) is 4.81. The predicted molar refractivity (Wildman–Crippen MR) is 79.7 cm³/mol. The van der Waals surface area contributed by atoms with Gasteiger partial charge in [0.05, 0.1) is 12.2 Å². The first kappa shape index (κ1) is 14.2. The maximum atomic E-state index is 4.58. The van der Waals surface area contributed by atoms with Crippen molar-refractivity contribution in [2.75, 3.05) is 17.7 Å². The number of nitrogens with one attached hydrogen (secondary N) is 2. The monoisotopic (exact) mass is 272 g/mol. The van der Waals surface area contributed by atoms with Gasteiger partial charge in [-0.2, -0.15) is 0 Å². The molecule has 0 spiro atoms. The molecular weight excluding hydrogens is 252 g/mol. The molecule has 2 aromatic heterocycles. The number of hydrogen-bond donors (Lipinski definition) is 2. The summed E-state index contributed by atoms with van der Waals surface area (Å²) in [4.78, 5) is 17.2. The molecule has 0 radical (unpaired) electrons. The third-order valence-corrected chi connectivity index (χ3v) is 2.98. The Morgan fingerprint density at radius 1 is 1.20 bits per heavy atom. The summed E-state index contributed by atoms with van der Waals surface area (Å²) in [6.45, 7) is 4.75. The van der Waals surface area contributed by atoms with Crippen molar-refractivity contribution < 1.29 is 0 Å². The molecule has 0 saturated heterocycles. The predicted octanol–water partition coefficient (Wildman–Crippen LogP) is 2.18. The van der Waals surface area contributed by atoms with E-state index in [1.165, 1.54) is 0 Å². The van der Waals surface area contributed by atoms with Gasteiger partial charge < -0.3 is 10.6 Å². The zero-order valence-electron chi connectivity index (χ0n) is 12.1. The van der Waals surface area contributed by atoms with Crippen LogP contribution >= 0.6 is 0 Å². The number of hydrogen-bond acceptors (Lipinski definition) is 6. The van der Waals surface area contributed by atoms with Crippen molar-refractivity contribution in [1.82, 2.24) is 19.9 Å². The minimum atomic E-state index is 0.620. The van der Waals surface area contributed by atoms with Gasteiger partial charge in [0.15, 0.2) is 0 Å². The maximum absolute atomic E-state index is 4.58. The average Bonchev–Trinajstić information content (AvgIpc) is 2.48. The van der Waals surface area contributed by atoms with Crippen molar-refractivity contribution >= 4 is 11.6 Å². The molecular formula is C14H20N6. The smallest absolute Gasteiger partial charge is 0.135 e. The van der Waals surface area contributed by atoms with Gasteiger partial charge in [0.1, 0.15) is 23.8 Å². The molecule has 106 valence electrons. The quantitative estimate of drug-likeness (QED) is 0.839. The number of nitrogens with zero attached hydrogens (tertiary/aromatic N) is 4. The number of rotatable bonds is 6. The van der Waals surface area contributed by atoms with Crippen LogP contribution in [0.1, 0.15) is 30.4 Å². The summed E-state index contributed by atoms with van der Waals surface area (Å²) >= 11 is 0. The lowest BCUT2D eigenvalue weighted by atomic mass is 10.2. The third kappa shape index (κ3) is 3.40. The topological polar surface area (TPSA) is 75.6 Å². The van der Waals surface area contributed by atoms with Crippen molar-refractivity contribution in [2.45, 2.75) is 33.2 Å². The molecule has 0 aromatic carbocycles. The Bertz CT molecular complexity index is 555. The van der Waals surface area contributed by atoms with E-state index in [1.54, 1.807) is 12.5 Å². The summed E-state index contributed by atoms with van der Waals surface area (Å²) in [7, 11) is 1.87. The molecule has 2 rings (SSSR count). The van der Waals surface area contributed by atoms with Crippen LogP contribution in [0.4, 0.5) is 11.6 Å². The molecule has 20 heavy (non-hydrogen) atoms. The lowest BCUT2D eigenvalue weighted by molar-refractivity contribution is 0.830. The molecule has 6 nitrogen and oxygen atoms in total. The van der Waals surface area contributed by atoms with E-state index >= 15 is 0 Å². The zero-order valence-corrected chi connectivity index (χ0v) is 12.1.